The van der Waals surface area contributed by atoms with E-state index < -0.39 is 10.2 Å². The number of aromatic nitrogens is 1. The lowest BCUT2D eigenvalue weighted by atomic mass is 9.94. The van der Waals surface area contributed by atoms with E-state index in [1.807, 2.05) is 6.07 Å². The number of halogens is 1. The third-order valence-electron chi connectivity index (χ3n) is 4.69. The Labute approximate surface area is 157 Å². The summed E-state index contributed by atoms with van der Waals surface area (Å²) in [6, 6.07) is 7.06. The predicted octanol–water partition coefficient (Wildman–Crippen LogP) is 1.92. The number of pyridine rings is 1. The average molecular weight is 397 g/mol. The number of rotatable bonds is 5. The van der Waals surface area contributed by atoms with E-state index in [4.69, 9.17) is 16.7 Å². The van der Waals surface area contributed by atoms with Gasteiger partial charge >= 0.3 is 0 Å². The molecule has 0 unspecified atom stereocenters. The summed E-state index contributed by atoms with van der Waals surface area (Å²) < 4.78 is 23.9. The summed E-state index contributed by atoms with van der Waals surface area (Å²) in [4.78, 5) is 16.8. The van der Waals surface area contributed by atoms with Gasteiger partial charge in [0.05, 0.1) is 11.1 Å². The Morgan fingerprint density at radius 2 is 2.08 bits per heavy atom. The smallest absolute Gasteiger partial charge is 0.276 e. The van der Waals surface area contributed by atoms with E-state index in [-0.39, 0.29) is 5.91 Å². The molecule has 2 aromatic rings. The van der Waals surface area contributed by atoms with Crippen molar-refractivity contribution in [3.63, 3.8) is 0 Å². The summed E-state index contributed by atoms with van der Waals surface area (Å²) in [5, 5.41) is 9.37. The number of nitrogens with one attached hydrogen (secondary N) is 1. The Kier molecular flexibility index (Phi) is 5.76. The zero-order valence-electron chi connectivity index (χ0n) is 14.2. The molecule has 0 bridgehead atoms. The van der Waals surface area contributed by atoms with E-state index in [0.717, 1.165) is 24.6 Å². The quantitative estimate of drug-likeness (QED) is 0.805. The molecule has 0 aliphatic carbocycles. The van der Waals surface area contributed by atoms with Crippen molar-refractivity contribution < 1.29 is 13.2 Å². The maximum atomic E-state index is 12.5. The van der Waals surface area contributed by atoms with Crippen LogP contribution in [0.4, 0.5) is 0 Å². The third-order valence-corrected chi connectivity index (χ3v) is 5.99. The maximum Gasteiger partial charge on any atom is 0.276 e. The Morgan fingerprint density at radius 3 is 2.77 bits per heavy atom. The Balaban J connectivity index is 1.56. The largest absolute Gasteiger partial charge is 0.352 e. The van der Waals surface area contributed by atoms with Crippen molar-refractivity contribution in [2.75, 3.05) is 19.6 Å². The van der Waals surface area contributed by atoms with Crippen LogP contribution in [0.25, 0.3) is 10.9 Å². The number of hydrogen-bond donors (Lipinski definition) is 2. The fraction of sp³-hybridized carbons (Fsp3) is 0.412. The minimum absolute atomic E-state index is 0.210. The second-order valence-electron chi connectivity index (χ2n) is 6.46. The first-order chi connectivity index (χ1) is 12.3. The van der Waals surface area contributed by atoms with Crippen molar-refractivity contribution in [2.24, 2.45) is 11.1 Å². The molecule has 3 rings (SSSR count). The van der Waals surface area contributed by atoms with Crippen LogP contribution in [0.1, 0.15) is 29.6 Å². The highest BCUT2D eigenvalue weighted by atomic mass is 35.5. The van der Waals surface area contributed by atoms with Crippen LogP contribution >= 0.6 is 11.6 Å². The Bertz CT molecular complexity index is 911. The molecule has 1 fully saturated rings. The second-order valence-corrected chi connectivity index (χ2v) is 8.44. The highest BCUT2D eigenvalue weighted by molar-refractivity contribution is 7.86. The third kappa shape index (κ3) is 4.50. The van der Waals surface area contributed by atoms with E-state index in [0.29, 0.717) is 41.7 Å². The molecule has 1 amide bonds. The highest BCUT2D eigenvalue weighted by Crippen LogP contribution is 2.23. The van der Waals surface area contributed by atoms with Crippen LogP contribution in [0, 0.1) is 5.92 Å². The molecule has 3 N–H and O–H groups in total. The van der Waals surface area contributed by atoms with Crippen LogP contribution in [0.3, 0.4) is 0 Å². The fourth-order valence-corrected chi connectivity index (χ4v) is 4.21. The first-order valence-corrected chi connectivity index (χ1v) is 10.3. The zero-order valence-corrected chi connectivity index (χ0v) is 15.8. The molecule has 9 heteroatoms. The molecule has 1 aliphatic heterocycles. The summed E-state index contributed by atoms with van der Waals surface area (Å²) in [6.07, 6.45) is 3.92. The number of nitrogens with two attached hydrogens (primary N) is 1. The minimum Gasteiger partial charge on any atom is -0.352 e. The van der Waals surface area contributed by atoms with Crippen LogP contribution in [-0.4, -0.2) is 43.2 Å². The molecule has 0 spiro atoms. The number of carbonyl (C=O) groups excluding carboxylic acids is 1. The monoisotopic (exact) mass is 396 g/mol. The number of carbonyl (C=O) groups is 1. The van der Waals surface area contributed by atoms with Gasteiger partial charge in [0.2, 0.25) is 0 Å². The van der Waals surface area contributed by atoms with Crippen LogP contribution in [-0.2, 0) is 10.2 Å². The normalized spacial score (nSPS) is 16.7. The van der Waals surface area contributed by atoms with Gasteiger partial charge in [0.1, 0.15) is 0 Å². The molecule has 1 saturated heterocycles. The van der Waals surface area contributed by atoms with Crippen LogP contribution in [0.15, 0.2) is 30.5 Å². The lowest BCUT2D eigenvalue weighted by molar-refractivity contribution is 0.0951. The predicted molar refractivity (Wildman–Crippen MR) is 101 cm³/mol. The van der Waals surface area contributed by atoms with E-state index >= 15 is 0 Å². The van der Waals surface area contributed by atoms with Crippen molar-refractivity contribution >= 4 is 38.6 Å². The molecular formula is C17H21ClN4O3S. The molecule has 7 nitrogen and oxygen atoms in total. The van der Waals surface area contributed by atoms with Crippen molar-refractivity contribution in [1.29, 1.82) is 0 Å². The molecule has 0 atom stereocenters. The Hall–Kier alpha value is -1.74. The van der Waals surface area contributed by atoms with Crippen LogP contribution in [0.2, 0.25) is 5.02 Å². The number of hydrogen-bond acceptors (Lipinski definition) is 4. The molecule has 140 valence electrons. The van der Waals surface area contributed by atoms with Gasteiger partial charge in [-0.25, -0.2) is 5.14 Å². The molecule has 2 heterocycles. The van der Waals surface area contributed by atoms with Crippen molar-refractivity contribution in [2.45, 2.75) is 19.3 Å². The van der Waals surface area contributed by atoms with Gasteiger partial charge in [-0.05, 0) is 43.4 Å². The second kappa shape index (κ2) is 7.87. The van der Waals surface area contributed by atoms with Crippen LogP contribution in [0.5, 0.6) is 0 Å². The van der Waals surface area contributed by atoms with Gasteiger partial charge in [-0.3, -0.25) is 9.78 Å². The number of nitrogens with zero attached hydrogens (tertiary/aromatic N) is 2. The van der Waals surface area contributed by atoms with Gasteiger partial charge in [0.25, 0.3) is 16.1 Å². The molecule has 26 heavy (non-hydrogen) atoms. The lowest BCUT2D eigenvalue weighted by Crippen LogP contribution is -2.42. The number of fused-ring (bicyclic) bond motifs is 1. The van der Waals surface area contributed by atoms with Gasteiger partial charge in [-0.15, -0.1) is 0 Å². The summed E-state index contributed by atoms with van der Waals surface area (Å²) >= 11 is 6.10. The van der Waals surface area contributed by atoms with E-state index in [9.17, 15) is 13.2 Å². The zero-order chi connectivity index (χ0) is 18.7. The van der Waals surface area contributed by atoms with Gasteiger partial charge < -0.3 is 5.32 Å². The molecule has 1 aliphatic rings. The standard InChI is InChI=1S/C17H21ClN4O3S/c18-14-10-13-2-1-6-20-16(13)15(11-14)17(23)21-7-3-12-4-8-22(9-5-12)26(19,24)25/h1-2,6,10-12H,3-5,7-9H2,(H,21,23)(H2,19,24,25). The Morgan fingerprint density at radius 1 is 1.35 bits per heavy atom. The summed E-state index contributed by atoms with van der Waals surface area (Å²) in [6.45, 7) is 1.38. The van der Waals surface area contributed by atoms with E-state index in [2.05, 4.69) is 10.3 Å². The average Bonchev–Trinajstić information content (AvgIpc) is 2.60. The summed E-state index contributed by atoms with van der Waals surface area (Å²) in [5.41, 5.74) is 1.08. The van der Waals surface area contributed by atoms with E-state index in [1.165, 1.54) is 4.31 Å². The first kappa shape index (κ1) is 19.0. The SMILES string of the molecule is NS(=O)(=O)N1CCC(CCNC(=O)c2cc(Cl)cc3cccnc23)CC1. The number of amides is 1. The topological polar surface area (TPSA) is 105 Å². The summed E-state index contributed by atoms with van der Waals surface area (Å²) in [5.74, 6) is 0.153. The van der Waals surface area contributed by atoms with Gasteiger partial charge in [0.15, 0.2) is 0 Å². The lowest BCUT2D eigenvalue weighted by Gasteiger charge is -2.29. The minimum atomic E-state index is -3.60. The molecule has 0 saturated carbocycles. The van der Waals surface area contributed by atoms with Gasteiger partial charge in [-0.1, -0.05) is 17.7 Å². The maximum absolute atomic E-state index is 12.5. The molecule has 0 radical (unpaired) electrons. The van der Waals surface area contributed by atoms with E-state index in [1.54, 1.807) is 24.4 Å². The van der Waals surface area contributed by atoms with Crippen molar-refractivity contribution in [1.82, 2.24) is 14.6 Å². The fourth-order valence-electron chi connectivity index (χ4n) is 3.27. The van der Waals surface area contributed by atoms with Crippen molar-refractivity contribution in [3.05, 3.63) is 41.0 Å². The van der Waals surface area contributed by atoms with Gasteiger partial charge in [0, 0.05) is 36.2 Å². The number of piperidine rings is 1. The van der Waals surface area contributed by atoms with Crippen LogP contribution < -0.4 is 10.5 Å². The summed E-state index contributed by atoms with van der Waals surface area (Å²) in [7, 11) is -3.60. The van der Waals surface area contributed by atoms with Gasteiger partial charge in [-0.2, -0.15) is 12.7 Å². The highest BCUT2D eigenvalue weighted by Gasteiger charge is 2.25. The molecule has 1 aromatic heterocycles. The first-order valence-electron chi connectivity index (χ1n) is 8.45. The molecular weight excluding hydrogens is 376 g/mol. The molecule has 1 aromatic carbocycles. The van der Waals surface area contributed by atoms with Crippen molar-refractivity contribution in [3.8, 4) is 0 Å². The number of benzene rings is 1.